The molecule has 0 saturated carbocycles. The van der Waals surface area contributed by atoms with E-state index in [0.29, 0.717) is 22.7 Å². The normalized spacial score (nSPS) is 13.7. The third-order valence-corrected chi connectivity index (χ3v) is 5.82. The smallest absolute Gasteiger partial charge is 0.282 e. The quantitative estimate of drug-likeness (QED) is 0.561. The van der Waals surface area contributed by atoms with Crippen LogP contribution in [0.3, 0.4) is 0 Å². The maximum absolute atomic E-state index is 13.7. The number of nitrogens with zero attached hydrogens (tertiary/aromatic N) is 1. The number of hydrogen-bond acceptors (Lipinski definition) is 4. The van der Waals surface area contributed by atoms with Gasteiger partial charge in [-0.1, -0.05) is 35.9 Å². The van der Waals surface area contributed by atoms with Gasteiger partial charge >= 0.3 is 0 Å². The van der Waals surface area contributed by atoms with Gasteiger partial charge in [0.2, 0.25) is 0 Å². The summed E-state index contributed by atoms with van der Waals surface area (Å²) >= 11 is 0. The van der Waals surface area contributed by atoms with Crippen molar-refractivity contribution in [3.05, 3.63) is 94.2 Å². The summed E-state index contributed by atoms with van der Waals surface area (Å²) in [4.78, 5) is 28.5. The van der Waals surface area contributed by atoms with E-state index in [1.807, 2.05) is 82.3 Å². The Morgan fingerprint density at radius 3 is 2.25 bits per heavy atom. The van der Waals surface area contributed by atoms with Crippen LogP contribution in [-0.4, -0.2) is 18.9 Å². The van der Waals surface area contributed by atoms with Crippen molar-refractivity contribution in [1.29, 1.82) is 0 Å². The number of amides is 2. The van der Waals surface area contributed by atoms with Crippen LogP contribution in [0, 0.1) is 27.7 Å². The molecule has 4 rings (SSSR count). The summed E-state index contributed by atoms with van der Waals surface area (Å²) in [5, 5.41) is 3.20. The minimum atomic E-state index is -0.379. The van der Waals surface area contributed by atoms with Gasteiger partial charge < -0.3 is 10.1 Å². The minimum absolute atomic E-state index is 0.258. The highest BCUT2D eigenvalue weighted by atomic mass is 16.5. The molecule has 0 fully saturated rings. The topological polar surface area (TPSA) is 58.6 Å². The summed E-state index contributed by atoms with van der Waals surface area (Å²) in [5.41, 5.74) is 6.76. The molecular weight excluding hydrogens is 400 g/mol. The van der Waals surface area contributed by atoms with E-state index in [2.05, 4.69) is 5.32 Å². The molecule has 0 saturated heterocycles. The van der Waals surface area contributed by atoms with Crippen molar-refractivity contribution < 1.29 is 14.3 Å². The van der Waals surface area contributed by atoms with E-state index in [4.69, 9.17) is 4.74 Å². The summed E-state index contributed by atoms with van der Waals surface area (Å²) in [6.45, 7) is 7.93. The molecule has 32 heavy (non-hydrogen) atoms. The second-order valence-electron chi connectivity index (χ2n) is 8.14. The summed E-state index contributed by atoms with van der Waals surface area (Å²) < 4.78 is 5.31. The van der Waals surface area contributed by atoms with Crippen molar-refractivity contribution in [2.45, 2.75) is 27.7 Å². The molecule has 0 unspecified atom stereocenters. The Morgan fingerprint density at radius 2 is 1.56 bits per heavy atom. The second kappa shape index (κ2) is 8.35. The third-order valence-electron chi connectivity index (χ3n) is 5.82. The molecule has 5 heteroatoms. The maximum Gasteiger partial charge on any atom is 0.282 e. The van der Waals surface area contributed by atoms with Gasteiger partial charge in [-0.15, -0.1) is 0 Å². The van der Waals surface area contributed by atoms with Crippen molar-refractivity contribution in [2.24, 2.45) is 0 Å². The lowest BCUT2D eigenvalue weighted by atomic mass is 9.97. The molecule has 1 aliphatic heterocycles. The Morgan fingerprint density at radius 1 is 0.781 bits per heavy atom. The van der Waals surface area contributed by atoms with Gasteiger partial charge in [0.15, 0.2) is 0 Å². The van der Waals surface area contributed by atoms with Gasteiger partial charge in [0.25, 0.3) is 11.8 Å². The predicted octanol–water partition coefficient (Wildman–Crippen LogP) is 5.33. The number of aryl methyl sites for hydroxylation is 4. The SMILES string of the molecule is COc1cccc(NC2=C(c3ccc(C)cc3C)C(=O)N(c3ccc(C)c(C)c3)C2=O)c1. The average molecular weight is 427 g/mol. The van der Waals surface area contributed by atoms with E-state index in [1.54, 1.807) is 13.2 Å². The first-order chi connectivity index (χ1) is 15.3. The predicted molar refractivity (Wildman–Crippen MR) is 128 cm³/mol. The van der Waals surface area contributed by atoms with Crippen LogP contribution < -0.4 is 15.0 Å². The monoisotopic (exact) mass is 426 g/mol. The van der Waals surface area contributed by atoms with Crippen molar-refractivity contribution in [3.8, 4) is 5.75 Å². The molecule has 0 spiro atoms. The van der Waals surface area contributed by atoms with Gasteiger partial charge in [-0.25, -0.2) is 4.90 Å². The van der Waals surface area contributed by atoms with Gasteiger partial charge in [-0.2, -0.15) is 0 Å². The number of rotatable bonds is 5. The summed E-state index contributed by atoms with van der Waals surface area (Å²) in [5.74, 6) is -0.0573. The fourth-order valence-corrected chi connectivity index (χ4v) is 3.93. The van der Waals surface area contributed by atoms with Crippen LogP contribution in [0.15, 0.2) is 66.4 Å². The standard InChI is InChI=1S/C27H26N2O3/c1-16-9-12-23(19(4)13-16)24-25(28-20-7-6-8-22(15-20)32-5)27(31)29(26(24)30)21-11-10-17(2)18(3)14-21/h6-15,28H,1-5H3. The van der Waals surface area contributed by atoms with Gasteiger partial charge in [0.05, 0.1) is 18.4 Å². The van der Waals surface area contributed by atoms with Crippen molar-refractivity contribution >= 4 is 28.8 Å². The lowest BCUT2D eigenvalue weighted by molar-refractivity contribution is -0.120. The third kappa shape index (κ3) is 3.78. The molecule has 5 nitrogen and oxygen atoms in total. The van der Waals surface area contributed by atoms with Crippen LogP contribution in [0.5, 0.6) is 5.75 Å². The highest BCUT2D eigenvalue weighted by molar-refractivity contribution is 6.46. The molecule has 1 heterocycles. The first-order valence-corrected chi connectivity index (χ1v) is 10.5. The number of carbonyl (C=O) groups is 2. The lowest BCUT2D eigenvalue weighted by Crippen LogP contribution is -2.32. The highest BCUT2D eigenvalue weighted by Crippen LogP contribution is 2.36. The first-order valence-electron chi connectivity index (χ1n) is 10.5. The van der Waals surface area contributed by atoms with Gasteiger partial charge in [0.1, 0.15) is 11.4 Å². The van der Waals surface area contributed by atoms with Crippen molar-refractivity contribution in [2.75, 3.05) is 17.3 Å². The molecule has 0 bridgehead atoms. The Bertz CT molecular complexity index is 1270. The zero-order chi connectivity index (χ0) is 23.0. The molecule has 0 atom stereocenters. The Hall–Kier alpha value is -3.86. The Labute approximate surface area is 188 Å². The molecule has 1 N–H and O–H groups in total. The first kappa shape index (κ1) is 21.4. The average Bonchev–Trinajstić information content (AvgIpc) is 3.00. The number of methoxy groups -OCH3 is 1. The number of imide groups is 1. The molecule has 3 aromatic rings. The van der Waals surface area contributed by atoms with Crippen LogP contribution in [0.25, 0.3) is 5.57 Å². The maximum atomic E-state index is 13.7. The molecule has 0 radical (unpaired) electrons. The zero-order valence-electron chi connectivity index (χ0n) is 18.9. The van der Waals surface area contributed by atoms with Gasteiger partial charge in [0, 0.05) is 11.8 Å². The summed E-state index contributed by atoms with van der Waals surface area (Å²) in [6.07, 6.45) is 0. The molecule has 1 aliphatic rings. The number of anilines is 2. The molecule has 162 valence electrons. The van der Waals surface area contributed by atoms with Gasteiger partial charge in [-0.3, -0.25) is 9.59 Å². The van der Waals surface area contributed by atoms with Crippen LogP contribution in [-0.2, 0) is 9.59 Å². The van der Waals surface area contributed by atoms with E-state index in [9.17, 15) is 9.59 Å². The highest BCUT2D eigenvalue weighted by Gasteiger charge is 2.40. The largest absolute Gasteiger partial charge is 0.497 e. The minimum Gasteiger partial charge on any atom is -0.497 e. The van der Waals surface area contributed by atoms with Crippen molar-refractivity contribution in [3.63, 3.8) is 0 Å². The van der Waals surface area contributed by atoms with E-state index >= 15 is 0 Å². The Kier molecular flexibility index (Phi) is 5.57. The fraction of sp³-hybridized carbons (Fsp3) is 0.185. The van der Waals surface area contributed by atoms with Gasteiger partial charge in [-0.05, 0) is 74.2 Å². The van der Waals surface area contributed by atoms with E-state index in [-0.39, 0.29) is 17.5 Å². The van der Waals surface area contributed by atoms with E-state index in [1.165, 1.54) is 4.90 Å². The molecule has 0 aliphatic carbocycles. The molecule has 2 amide bonds. The van der Waals surface area contributed by atoms with Crippen LogP contribution in [0.4, 0.5) is 11.4 Å². The van der Waals surface area contributed by atoms with Crippen molar-refractivity contribution in [1.82, 2.24) is 0 Å². The molecule has 0 aromatic heterocycles. The number of carbonyl (C=O) groups excluding carboxylic acids is 2. The number of ether oxygens (including phenoxy) is 1. The van der Waals surface area contributed by atoms with Crippen LogP contribution in [0.1, 0.15) is 27.8 Å². The summed E-state index contributed by atoms with van der Waals surface area (Å²) in [6, 6.07) is 18.8. The Balaban J connectivity index is 1.86. The summed E-state index contributed by atoms with van der Waals surface area (Å²) in [7, 11) is 1.59. The van der Waals surface area contributed by atoms with E-state index in [0.717, 1.165) is 27.8 Å². The molecular formula is C27H26N2O3. The zero-order valence-corrected chi connectivity index (χ0v) is 18.9. The fourth-order valence-electron chi connectivity index (χ4n) is 3.93. The number of nitrogens with one attached hydrogen (secondary N) is 1. The molecule has 3 aromatic carbocycles. The number of benzene rings is 3. The second-order valence-corrected chi connectivity index (χ2v) is 8.14. The van der Waals surface area contributed by atoms with Crippen LogP contribution >= 0.6 is 0 Å². The lowest BCUT2D eigenvalue weighted by Gasteiger charge is -2.17. The van der Waals surface area contributed by atoms with Crippen LogP contribution in [0.2, 0.25) is 0 Å². The number of hydrogen-bond donors (Lipinski definition) is 1. The van der Waals surface area contributed by atoms with E-state index < -0.39 is 0 Å².